The molecule has 2 aromatic carbocycles. The minimum absolute atomic E-state index is 0.0614. The summed E-state index contributed by atoms with van der Waals surface area (Å²) in [7, 11) is 1.36. The molecule has 0 aliphatic heterocycles. The summed E-state index contributed by atoms with van der Waals surface area (Å²) in [6, 6.07) is 7.18. The fraction of sp³-hybridized carbons (Fsp3) is 0.231. The van der Waals surface area contributed by atoms with E-state index in [9.17, 15) is 9.59 Å². The van der Waals surface area contributed by atoms with Gasteiger partial charge in [-0.1, -0.05) is 12.1 Å². The SMILES string of the molecule is CCOc1ccccc1Nc1c(OC)c(=O)c1=O. The average Bonchev–Trinajstić information content (AvgIpc) is 2.40. The minimum atomic E-state index is -0.603. The molecule has 5 nitrogen and oxygen atoms in total. The molecule has 94 valence electrons. The topological polar surface area (TPSA) is 64.6 Å². The molecule has 1 N–H and O–H groups in total. The fourth-order valence-electron chi connectivity index (χ4n) is 1.67. The molecular weight excluding hydrogens is 234 g/mol. The van der Waals surface area contributed by atoms with Crippen LogP contribution in [0, 0.1) is 0 Å². The van der Waals surface area contributed by atoms with Crippen LogP contribution < -0.4 is 25.6 Å². The molecule has 0 amide bonds. The van der Waals surface area contributed by atoms with E-state index in [1.54, 1.807) is 12.1 Å². The largest absolute Gasteiger partial charge is 0.492 e. The van der Waals surface area contributed by atoms with Gasteiger partial charge in [0.15, 0.2) is 5.75 Å². The zero-order chi connectivity index (χ0) is 13.1. The Balaban J connectivity index is 2.32. The zero-order valence-electron chi connectivity index (χ0n) is 10.1. The van der Waals surface area contributed by atoms with Crippen LogP contribution in [-0.4, -0.2) is 13.7 Å². The molecule has 0 atom stereocenters. The van der Waals surface area contributed by atoms with E-state index in [2.05, 4.69) is 5.32 Å². The van der Waals surface area contributed by atoms with Crippen molar-refractivity contribution in [1.29, 1.82) is 0 Å². The monoisotopic (exact) mass is 247 g/mol. The standard InChI is InChI=1S/C13H13NO4/c1-3-18-9-7-5-4-6-8(9)14-10-11(15)12(16)13(10)17-2/h4-7,14H,3H2,1-2H3. The number of nitrogens with one attached hydrogen (secondary N) is 1. The van der Waals surface area contributed by atoms with E-state index in [0.29, 0.717) is 18.0 Å². The summed E-state index contributed by atoms with van der Waals surface area (Å²) < 4.78 is 10.3. The van der Waals surface area contributed by atoms with E-state index in [-0.39, 0.29) is 11.4 Å². The first kappa shape index (κ1) is 12.2. The smallest absolute Gasteiger partial charge is 0.272 e. The Labute approximate surface area is 104 Å². The summed E-state index contributed by atoms with van der Waals surface area (Å²) in [5.74, 6) is 0.682. The highest BCUT2D eigenvalue weighted by molar-refractivity contribution is 5.73. The maximum atomic E-state index is 11.4. The average molecular weight is 247 g/mol. The highest BCUT2D eigenvalue weighted by Gasteiger charge is 2.22. The van der Waals surface area contributed by atoms with Gasteiger partial charge in [0.2, 0.25) is 0 Å². The summed E-state index contributed by atoms with van der Waals surface area (Å²) in [6.45, 7) is 2.39. The molecule has 0 radical (unpaired) electrons. The van der Waals surface area contributed by atoms with Gasteiger partial charge in [-0.25, -0.2) is 0 Å². The lowest BCUT2D eigenvalue weighted by molar-refractivity contribution is 0.342. The Hall–Kier alpha value is -2.30. The van der Waals surface area contributed by atoms with Gasteiger partial charge < -0.3 is 14.8 Å². The number of hydrogen-bond donors (Lipinski definition) is 1. The van der Waals surface area contributed by atoms with Crippen LogP contribution in [-0.2, 0) is 0 Å². The summed E-state index contributed by atoms with van der Waals surface area (Å²) in [6.07, 6.45) is 0. The number of rotatable bonds is 5. The van der Waals surface area contributed by atoms with Crippen LogP contribution in [0.3, 0.4) is 0 Å². The predicted octanol–water partition coefficient (Wildman–Crippen LogP) is 1.43. The zero-order valence-corrected chi connectivity index (χ0v) is 10.1. The summed E-state index contributed by atoms with van der Waals surface area (Å²) in [5.41, 5.74) is -0.369. The first-order valence-corrected chi connectivity index (χ1v) is 5.55. The van der Waals surface area contributed by atoms with Crippen molar-refractivity contribution in [3.63, 3.8) is 0 Å². The molecule has 0 fully saturated rings. The van der Waals surface area contributed by atoms with Crippen LogP contribution in [0.25, 0.3) is 0 Å². The van der Waals surface area contributed by atoms with Crippen LogP contribution in [0.4, 0.5) is 11.4 Å². The number of hydrogen-bond acceptors (Lipinski definition) is 5. The van der Waals surface area contributed by atoms with Crippen molar-refractivity contribution in [1.82, 2.24) is 0 Å². The third-order valence-corrected chi connectivity index (χ3v) is 2.52. The van der Waals surface area contributed by atoms with Crippen LogP contribution in [0.2, 0.25) is 0 Å². The van der Waals surface area contributed by atoms with E-state index in [1.807, 2.05) is 19.1 Å². The number of anilines is 2. The highest BCUT2D eigenvalue weighted by atomic mass is 16.5. The first-order valence-electron chi connectivity index (χ1n) is 5.55. The maximum Gasteiger partial charge on any atom is 0.272 e. The van der Waals surface area contributed by atoms with Crippen LogP contribution in [0.1, 0.15) is 6.92 Å². The van der Waals surface area contributed by atoms with E-state index in [1.165, 1.54) is 7.11 Å². The Morgan fingerprint density at radius 1 is 1.17 bits per heavy atom. The lowest BCUT2D eigenvalue weighted by atomic mass is 10.2. The molecule has 0 aliphatic rings. The molecule has 2 aromatic rings. The number of ether oxygens (including phenoxy) is 2. The molecule has 0 spiro atoms. The molecule has 5 heteroatoms. The number of para-hydroxylation sites is 2. The normalized spacial score (nSPS) is 10.3. The van der Waals surface area contributed by atoms with Gasteiger partial charge in [-0.05, 0) is 19.1 Å². The third kappa shape index (κ3) is 1.95. The highest BCUT2D eigenvalue weighted by Crippen LogP contribution is 2.29. The second-order valence-electron chi connectivity index (χ2n) is 3.62. The molecule has 18 heavy (non-hydrogen) atoms. The molecule has 0 saturated carbocycles. The van der Waals surface area contributed by atoms with Crippen molar-refractivity contribution < 1.29 is 9.47 Å². The van der Waals surface area contributed by atoms with E-state index < -0.39 is 10.9 Å². The number of benzene rings is 1. The second kappa shape index (κ2) is 4.91. The van der Waals surface area contributed by atoms with Crippen molar-refractivity contribution in [2.24, 2.45) is 0 Å². The molecule has 0 bridgehead atoms. The van der Waals surface area contributed by atoms with E-state index in [0.717, 1.165) is 0 Å². The molecule has 0 aliphatic carbocycles. The summed E-state index contributed by atoms with van der Waals surface area (Å²) in [4.78, 5) is 22.6. The molecule has 0 aromatic heterocycles. The molecular formula is C13H13NO4. The van der Waals surface area contributed by atoms with Gasteiger partial charge in [-0.3, -0.25) is 9.59 Å². The van der Waals surface area contributed by atoms with Crippen molar-refractivity contribution in [2.75, 3.05) is 19.0 Å². The van der Waals surface area contributed by atoms with Gasteiger partial charge in [-0.15, -0.1) is 0 Å². The predicted molar refractivity (Wildman–Crippen MR) is 68.8 cm³/mol. The Bertz CT molecular complexity index is 626. The van der Waals surface area contributed by atoms with Crippen molar-refractivity contribution >= 4 is 11.4 Å². The van der Waals surface area contributed by atoms with Crippen molar-refractivity contribution in [3.05, 3.63) is 44.7 Å². The minimum Gasteiger partial charge on any atom is -0.492 e. The van der Waals surface area contributed by atoms with E-state index in [4.69, 9.17) is 9.47 Å². The Morgan fingerprint density at radius 3 is 2.56 bits per heavy atom. The van der Waals surface area contributed by atoms with Crippen LogP contribution >= 0.6 is 0 Å². The molecule has 0 saturated heterocycles. The maximum absolute atomic E-state index is 11.4. The summed E-state index contributed by atoms with van der Waals surface area (Å²) in [5, 5.41) is 2.87. The second-order valence-corrected chi connectivity index (χ2v) is 3.62. The van der Waals surface area contributed by atoms with Crippen LogP contribution in [0.5, 0.6) is 11.5 Å². The van der Waals surface area contributed by atoms with Crippen molar-refractivity contribution in [2.45, 2.75) is 6.92 Å². The van der Waals surface area contributed by atoms with Crippen molar-refractivity contribution in [3.8, 4) is 11.5 Å². The first-order chi connectivity index (χ1) is 8.69. The van der Waals surface area contributed by atoms with Gasteiger partial charge >= 0.3 is 0 Å². The van der Waals surface area contributed by atoms with Gasteiger partial charge in [0.1, 0.15) is 11.4 Å². The van der Waals surface area contributed by atoms with Crippen LogP contribution in [0.15, 0.2) is 33.9 Å². The third-order valence-electron chi connectivity index (χ3n) is 2.52. The summed E-state index contributed by atoms with van der Waals surface area (Å²) >= 11 is 0. The van der Waals surface area contributed by atoms with E-state index >= 15 is 0 Å². The Morgan fingerprint density at radius 2 is 1.89 bits per heavy atom. The molecule has 2 rings (SSSR count). The molecule has 0 heterocycles. The lowest BCUT2D eigenvalue weighted by Crippen LogP contribution is -2.34. The molecule has 0 unspecified atom stereocenters. The van der Waals surface area contributed by atoms with Gasteiger partial charge in [0, 0.05) is 0 Å². The Kier molecular flexibility index (Phi) is 3.32. The quantitative estimate of drug-likeness (QED) is 0.810. The fourth-order valence-corrected chi connectivity index (χ4v) is 1.67. The number of methoxy groups -OCH3 is 1. The lowest BCUT2D eigenvalue weighted by Gasteiger charge is -2.14. The van der Waals surface area contributed by atoms with Gasteiger partial charge in [0.05, 0.1) is 19.4 Å². The van der Waals surface area contributed by atoms with Gasteiger partial charge in [0.25, 0.3) is 10.9 Å². The van der Waals surface area contributed by atoms with Gasteiger partial charge in [-0.2, -0.15) is 0 Å².